The van der Waals surface area contributed by atoms with Gasteiger partial charge in [0.15, 0.2) is 0 Å². The predicted octanol–water partition coefficient (Wildman–Crippen LogP) is 2.42. The van der Waals surface area contributed by atoms with Crippen LogP contribution in [0, 0.1) is 24.5 Å². The first-order valence-electron chi connectivity index (χ1n) is 5.32. The molecule has 0 amide bonds. The monoisotopic (exact) mass is 228 g/mol. The van der Waals surface area contributed by atoms with E-state index in [1.807, 2.05) is 0 Å². The highest BCUT2D eigenvalue weighted by Gasteiger charge is 2.27. The van der Waals surface area contributed by atoms with Crippen LogP contribution >= 0.6 is 0 Å². The lowest BCUT2D eigenvalue weighted by Crippen LogP contribution is -2.32. The molecular formula is C12H14F2O2. The maximum Gasteiger partial charge on any atom is 0.132 e. The molecule has 0 atom stereocenters. The standard InChI is InChI=1S/C12H14F2O2/c1-7-11(14)4-9(13)5-12(7)16-6-8-2-10(15)3-8/h4-5,8,10,15H,2-3,6H2,1H3. The van der Waals surface area contributed by atoms with Crippen LogP contribution < -0.4 is 4.74 Å². The van der Waals surface area contributed by atoms with Crippen LogP contribution in [0.25, 0.3) is 0 Å². The Balaban J connectivity index is 1.98. The normalized spacial score (nSPS) is 24.0. The molecule has 1 aromatic carbocycles. The summed E-state index contributed by atoms with van der Waals surface area (Å²) in [5.74, 6) is -0.685. The fraction of sp³-hybridized carbons (Fsp3) is 0.500. The Morgan fingerprint density at radius 2 is 2.06 bits per heavy atom. The van der Waals surface area contributed by atoms with Crippen molar-refractivity contribution >= 4 is 0 Å². The van der Waals surface area contributed by atoms with Crippen molar-refractivity contribution in [2.24, 2.45) is 5.92 Å². The van der Waals surface area contributed by atoms with Gasteiger partial charge >= 0.3 is 0 Å². The molecule has 2 rings (SSSR count). The van der Waals surface area contributed by atoms with E-state index in [0.717, 1.165) is 6.07 Å². The van der Waals surface area contributed by atoms with Gasteiger partial charge in [0.05, 0.1) is 12.7 Å². The molecule has 1 saturated carbocycles. The van der Waals surface area contributed by atoms with E-state index in [4.69, 9.17) is 9.84 Å². The van der Waals surface area contributed by atoms with Crippen LogP contribution in [-0.4, -0.2) is 17.8 Å². The van der Waals surface area contributed by atoms with Crippen molar-refractivity contribution in [2.45, 2.75) is 25.9 Å². The molecule has 1 aliphatic carbocycles. The highest BCUT2D eigenvalue weighted by Crippen LogP contribution is 2.29. The van der Waals surface area contributed by atoms with E-state index < -0.39 is 11.6 Å². The van der Waals surface area contributed by atoms with Crippen LogP contribution in [0.15, 0.2) is 12.1 Å². The molecule has 0 heterocycles. The Hall–Kier alpha value is -1.16. The number of hydrogen-bond donors (Lipinski definition) is 1. The summed E-state index contributed by atoms with van der Waals surface area (Å²) < 4.78 is 31.5. The molecule has 1 aliphatic rings. The fourth-order valence-electron chi connectivity index (χ4n) is 1.82. The quantitative estimate of drug-likeness (QED) is 0.860. The lowest BCUT2D eigenvalue weighted by molar-refractivity contribution is 0.0201. The van der Waals surface area contributed by atoms with E-state index in [9.17, 15) is 8.78 Å². The molecule has 1 aromatic rings. The first-order valence-corrected chi connectivity index (χ1v) is 5.32. The van der Waals surface area contributed by atoms with Gasteiger partial charge in [-0.05, 0) is 25.7 Å². The van der Waals surface area contributed by atoms with Crippen molar-refractivity contribution in [3.05, 3.63) is 29.3 Å². The van der Waals surface area contributed by atoms with Crippen LogP contribution in [-0.2, 0) is 0 Å². The number of aliphatic hydroxyl groups is 1. The van der Waals surface area contributed by atoms with Crippen LogP contribution in [0.1, 0.15) is 18.4 Å². The molecule has 0 saturated heterocycles. The molecular weight excluding hydrogens is 214 g/mol. The zero-order valence-electron chi connectivity index (χ0n) is 9.04. The van der Waals surface area contributed by atoms with Crippen LogP contribution in [0.5, 0.6) is 5.75 Å². The molecule has 4 heteroatoms. The van der Waals surface area contributed by atoms with Crippen molar-refractivity contribution < 1.29 is 18.6 Å². The third-order valence-corrected chi connectivity index (χ3v) is 2.95. The summed E-state index contributed by atoms with van der Waals surface area (Å²) in [5.41, 5.74) is 0.321. The molecule has 1 fully saturated rings. The van der Waals surface area contributed by atoms with E-state index in [-0.39, 0.29) is 11.9 Å². The smallest absolute Gasteiger partial charge is 0.132 e. The van der Waals surface area contributed by atoms with Crippen LogP contribution in [0.2, 0.25) is 0 Å². The third-order valence-electron chi connectivity index (χ3n) is 2.95. The lowest BCUT2D eigenvalue weighted by Gasteiger charge is -2.31. The van der Waals surface area contributed by atoms with Gasteiger partial charge in [-0.25, -0.2) is 8.78 Å². The van der Waals surface area contributed by atoms with E-state index >= 15 is 0 Å². The maximum absolute atomic E-state index is 13.2. The summed E-state index contributed by atoms with van der Waals surface area (Å²) in [6.45, 7) is 1.96. The topological polar surface area (TPSA) is 29.5 Å². The van der Waals surface area contributed by atoms with Crippen LogP contribution in [0.4, 0.5) is 8.78 Å². The minimum absolute atomic E-state index is 0.237. The van der Waals surface area contributed by atoms with Gasteiger partial charge in [-0.3, -0.25) is 0 Å². The number of hydrogen-bond acceptors (Lipinski definition) is 2. The van der Waals surface area contributed by atoms with Gasteiger partial charge in [0, 0.05) is 17.7 Å². The van der Waals surface area contributed by atoms with Crippen molar-refractivity contribution in [1.29, 1.82) is 0 Å². The summed E-state index contributed by atoms with van der Waals surface area (Å²) in [6.07, 6.45) is 1.17. The third kappa shape index (κ3) is 2.32. The van der Waals surface area contributed by atoms with Gasteiger partial charge in [0.25, 0.3) is 0 Å². The van der Waals surface area contributed by atoms with Crippen molar-refractivity contribution in [2.75, 3.05) is 6.61 Å². The minimum atomic E-state index is -0.633. The number of rotatable bonds is 3. The molecule has 0 aromatic heterocycles. The van der Waals surface area contributed by atoms with E-state index in [2.05, 4.69) is 0 Å². The van der Waals surface area contributed by atoms with Crippen molar-refractivity contribution in [3.8, 4) is 5.75 Å². The SMILES string of the molecule is Cc1c(F)cc(F)cc1OCC1CC(O)C1. The lowest BCUT2D eigenvalue weighted by atomic mass is 9.83. The Morgan fingerprint density at radius 1 is 1.38 bits per heavy atom. The minimum Gasteiger partial charge on any atom is -0.493 e. The Morgan fingerprint density at radius 3 is 2.69 bits per heavy atom. The van der Waals surface area contributed by atoms with Gasteiger partial charge in [0.2, 0.25) is 0 Å². The largest absolute Gasteiger partial charge is 0.493 e. The predicted molar refractivity (Wildman–Crippen MR) is 55.3 cm³/mol. The Kier molecular flexibility index (Phi) is 3.10. The molecule has 88 valence electrons. The number of aliphatic hydroxyl groups excluding tert-OH is 1. The molecule has 0 aliphatic heterocycles. The zero-order valence-corrected chi connectivity index (χ0v) is 9.04. The highest BCUT2D eigenvalue weighted by molar-refractivity contribution is 5.34. The summed E-state index contributed by atoms with van der Waals surface area (Å²) >= 11 is 0. The van der Waals surface area contributed by atoms with Crippen molar-refractivity contribution in [1.82, 2.24) is 0 Å². The first kappa shape index (κ1) is 11.3. The van der Waals surface area contributed by atoms with Gasteiger partial charge < -0.3 is 9.84 Å². The molecule has 1 N–H and O–H groups in total. The fourth-order valence-corrected chi connectivity index (χ4v) is 1.82. The molecule has 16 heavy (non-hydrogen) atoms. The van der Waals surface area contributed by atoms with Gasteiger partial charge in [-0.1, -0.05) is 0 Å². The average Bonchev–Trinajstić information content (AvgIpc) is 2.17. The molecule has 0 radical (unpaired) electrons. The summed E-state index contributed by atoms with van der Waals surface area (Å²) in [6, 6.07) is 2.03. The Bertz CT molecular complexity index is 387. The number of ether oxygens (including phenoxy) is 1. The summed E-state index contributed by atoms with van der Waals surface area (Å²) in [4.78, 5) is 0. The van der Waals surface area contributed by atoms with Gasteiger partial charge in [-0.2, -0.15) is 0 Å². The second-order valence-electron chi connectivity index (χ2n) is 4.31. The molecule has 0 unspecified atom stereocenters. The zero-order chi connectivity index (χ0) is 11.7. The summed E-state index contributed by atoms with van der Waals surface area (Å²) in [5, 5.41) is 9.08. The number of halogens is 2. The van der Waals surface area contributed by atoms with Crippen molar-refractivity contribution in [3.63, 3.8) is 0 Å². The second-order valence-corrected chi connectivity index (χ2v) is 4.31. The highest BCUT2D eigenvalue weighted by atomic mass is 19.1. The van der Waals surface area contributed by atoms with Crippen LogP contribution in [0.3, 0.4) is 0 Å². The molecule has 0 spiro atoms. The molecule has 0 bridgehead atoms. The van der Waals surface area contributed by atoms with Gasteiger partial charge in [-0.15, -0.1) is 0 Å². The first-order chi connectivity index (χ1) is 7.56. The summed E-state index contributed by atoms with van der Waals surface area (Å²) in [7, 11) is 0. The number of benzene rings is 1. The second kappa shape index (κ2) is 4.37. The van der Waals surface area contributed by atoms with Gasteiger partial charge in [0.1, 0.15) is 17.4 Å². The Labute approximate surface area is 92.9 Å². The van der Waals surface area contributed by atoms with E-state index in [0.29, 0.717) is 30.9 Å². The molecule has 2 nitrogen and oxygen atoms in total. The maximum atomic E-state index is 13.2. The van der Waals surface area contributed by atoms with E-state index in [1.165, 1.54) is 6.07 Å². The van der Waals surface area contributed by atoms with E-state index in [1.54, 1.807) is 6.92 Å². The average molecular weight is 228 g/mol.